The van der Waals surface area contributed by atoms with Crippen molar-refractivity contribution in [3.63, 3.8) is 0 Å². The van der Waals surface area contributed by atoms with Gasteiger partial charge in [0.25, 0.3) is 0 Å². The second-order valence-corrected chi connectivity index (χ2v) is 7.75. The van der Waals surface area contributed by atoms with Crippen LogP contribution in [0, 0.1) is 5.82 Å². The zero-order chi connectivity index (χ0) is 20.9. The second kappa shape index (κ2) is 9.08. The molecule has 1 aromatic carbocycles. The van der Waals surface area contributed by atoms with E-state index in [1.807, 2.05) is 6.07 Å². The average Bonchev–Trinajstić information content (AvgIpc) is 3.18. The third-order valence-electron chi connectivity index (χ3n) is 4.95. The van der Waals surface area contributed by atoms with Crippen molar-refractivity contribution in [2.75, 3.05) is 26.8 Å². The second-order valence-electron chi connectivity index (χ2n) is 6.81. The summed E-state index contributed by atoms with van der Waals surface area (Å²) < 4.78 is 57.3. The van der Waals surface area contributed by atoms with Gasteiger partial charge in [0.05, 0.1) is 6.54 Å². The number of nitrogens with zero attached hydrogens (tertiary/aromatic N) is 2. The molecule has 0 atom stereocenters. The topological polar surface area (TPSA) is 58.5 Å². The maximum absolute atomic E-state index is 13.8. The standard InChI is InChI=1S/C19H22F4N4OS/c1-24-17(25-10-16-27-15(11-29-16)19(21,22)23)26-12-18(5-7-28-8-6-18)13-3-2-4-14(20)9-13/h2-4,9,11H,5-8,10,12H2,1H3,(H2,24,25,26). The number of ether oxygens (including phenoxy) is 1. The molecule has 2 N–H and O–H groups in total. The van der Waals surface area contributed by atoms with Crippen LogP contribution in [0.5, 0.6) is 0 Å². The van der Waals surface area contributed by atoms with Gasteiger partial charge in [0, 0.05) is 37.6 Å². The van der Waals surface area contributed by atoms with Gasteiger partial charge in [0.1, 0.15) is 10.8 Å². The van der Waals surface area contributed by atoms with E-state index in [-0.39, 0.29) is 17.8 Å². The number of guanidine groups is 1. The van der Waals surface area contributed by atoms with Gasteiger partial charge >= 0.3 is 6.18 Å². The van der Waals surface area contributed by atoms with Crippen LogP contribution in [0.2, 0.25) is 0 Å². The third kappa shape index (κ3) is 5.45. The number of rotatable bonds is 5. The van der Waals surface area contributed by atoms with Crippen LogP contribution in [-0.2, 0) is 22.9 Å². The highest BCUT2D eigenvalue weighted by Crippen LogP contribution is 2.34. The van der Waals surface area contributed by atoms with Gasteiger partial charge in [-0.25, -0.2) is 9.37 Å². The predicted octanol–water partition coefficient (Wildman–Crippen LogP) is 3.71. The molecule has 158 valence electrons. The van der Waals surface area contributed by atoms with Crippen molar-refractivity contribution < 1.29 is 22.3 Å². The molecule has 0 aliphatic carbocycles. The third-order valence-corrected chi connectivity index (χ3v) is 5.80. The van der Waals surface area contributed by atoms with Crippen LogP contribution in [0.3, 0.4) is 0 Å². The van der Waals surface area contributed by atoms with Crippen LogP contribution in [0.15, 0.2) is 34.6 Å². The Morgan fingerprint density at radius 1 is 1.28 bits per heavy atom. The minimum Gasteiger partial charge on any atom is -0.381 e. The summed E-state index contributed by atoms with van der Waals surface area (Å²) in [6, 6.07) is 6.54. The van der Waals surface area contributed by atoms with Crippen molar-refractivity contribution in [3.05, 3.63) is 51.7 Å². The Morgan fingerprint density at radius 2 is 2.03 bits per heavy atom. The number of aromatic nitrogens is 1. The summed E-state index contributed by atoms with van der Waals surface area (Å²) in [5.74, 6) is 0.149. The molecule has 1 aromatic heterocycles. The minimum absolute atomic E-state index is 0.122. The molecule has 3 rings (SSSR count). The molecule has 5 nitrogen and oxygen atoms in total. The van der Waals surface area contributed by atoms with Crippen molar-refractivity contribution in [1.82, 2.24) is 15.6 Å². The number of aliphatic imine (C=N–C) groups is 1. The number of halogens is 4. The van der Waals surface area contributed by atoms with Crippen LogP contribution < -0.4 is 10.6 Å². The van der Waals surface area contributed by atoms with Crippen LogP contribution in [0.25, 0.3) is 0 Å². The molecule has 10 heteroatoms. The summed E-state index contributed by atoms with van der Waals surface area (Å²) in [6.45, 7) is 1.76. The quantitative estimate of drug-likeness (QED) is 0.431. The highest BCUT2D eigenvalue weighted by Gasteiger charge is 2.35. The predicted molar refractivity (Wildman–Crippen MR) is 103 cm³/mol. The van der Waals surface area contributed by atoms with Crippen LogP contribution in [0.1, 0.15) is 29.1 Å². The van der Waals surface area contributed by atoms with E-state index in [1.54, 1.807) is 13.1 Å². The lowest BCUT2D eigenvalue weighted by molar-refractivity contribution is -0.140. The first-order chi connectivity index (χ1) is 13.8. The molecule has 2 aromatic rings. The molecule has 1 aliphatic rings. The van der Waals surface area contributed by atoms with E-state index in [0.717, 1.165) is 35.1 Å². The van der Waals surface area contributed by atoms with E-state index in [1.165, 1.54) is 12.1 Å². The molecule has 1 saturated heterocycles. The van der Waals surface area contributed by atoms with Gasteiger partial charge in [-0.3, -0.25) is 4.99 Å². The molecule has 29 heavy (non-hydrogen) atoms. The highest BCUT2D eigenvalue weighted by atomic mass is 32.1. The Hall–Kier alpha value is -2.20. The lowest BCUT2D eigenvalue weighted by Crippen LogP contribution is -2.48. The molecule has 0 saturated carbocycles. The van der Waals surface area contributed by atoms with E-state index in [9.17, 15) is 17.6 Å². The van der Waals surface area contributed by atoms with Crippen LogP contribution in [-0.4, -0.2) is 37.7 Å². The van der Waals surface area contributed by atoms with Crippen molar-refractivity contribution in [2.24, 2.45) is 4.99 Å². The zero-order valence-corrected chi connectivity index (χ0v) is 16.7. The summed E-state index contributed by atoms with van der Waals surface area (Å²) >= 11 is 0.938. The molecule has 1 fully saturated rings. The number of benzene rings is 1. The molecular weight excluding hydrogens is 408 g/mol. The van der Waals surface area contributed by atoms with Gasteiger partial charge in [-0.1, -0.05) is 12.1 Å². The Bertz CT molecular complexity index is 847. The summed E-state index contributed by atoms with van der Waals surface area (Å²) in [7, 11) is 1.58. The molecule has 0 bridgehead atoms. The van der Waals surface area contributed by atoms with Gasteiger partial charge in [-0.05, 0) is 30.5 Å². The Labute approximate surface area is 170 Å². The van der Waals surface area contributed by atoms with E-state index in [0.29, 0.717) is 30.7 Å². The molecule has 1 aliphatic heterocycles. The van der Waals surface area contributed by atoms with Gasteiger partial charge in [-0.2, -0.15) is 13.2 Å². The smallest absolute Gasteiger partial charge is 0.381 e. The molecule has 2 heterocycles. The monoisotopic (exact) mass is 430 g/mol. The van der Waals surface area contributed by atoms with Crippen molar-refractivity contribution in [3.8, 4) is 0 Å². The fourth-order valence-electron chi connectivity index (χ4n) is 3.30. The molecule has 0 radical (unpaired) electrons. The minimum atomic E-state index is -4.45. The summed E-state index contributed by atoms with van der Waals surface area (Å²) in [5.41, 5.74) is -0.323. The van der Waals surface area contributed by atoms with Gasteiger partial charge in [0.15, 0.2) is 11.7 Å². The SMILES string of the molecule is CN=C(NCc1nc(C(F)(F)F)cs1)NCC1(c2cccc(F)c2)CCOCC1. The lowest BCUT2D eigenvalue weighted by atomic mass is 9.74. The fraction of sp³-hybridized carbons (Fsp3) is 0.474. The maximum Gasteiger partial charge on any atom is 0.434 e. The highest BCUT2D eigenvalue weighted by molar-refractivity contribution is 7.09. The summed E-state index contributed by atoms with van der Waals surface area (Å²) in [4.78, 5) is 7.73. The maximum atomic E-state index is 13.8. The van der Waals surface area contributed by atoms with E-state index in [2.05, 4.69) is 20.6 Å². The number of hydrogen-bond donors (Lipinski definition) is 2. The molecule has 0 unspecified atom stereocenters. The first kappa shape index (κ1) is 21.5. The fourth-order valence-corrected chi connectivity index (χ4v) is 4.04. The Morgan fingerprint density at radius 3 is 2.66 bits per heavy atom. The van der Waals surface area contributed by atoms with Crippen LogP contribution >= 0.6 is 11.3 Å². The first-order valence-electron chi connectivity index (χ1n) is 9.12. The van der Waals surface area contributed by atoms with Crippen LogP contribution in [0.4, 0.5) is 17.6 Å². The molecule has 0 spiro atoms. The first-order valence-corrected chi connectivity index (χ1v) is 10.0. The lowest BCUT2D eigenvalue weighted by Gasteiger charge is -2.38. The summed E-state index contributed by atoms with van der Waals surface area (Å²) in [6.07, 6.45) is -3.00. The number of nitrogens with one attached hydrogen (secondary N) is 2. The summed E-state index contributed by atoms with van der Waals surface area (Å²) in [5, 5.41) is 7.51. The van der Waals surface area contributed by atoms with E-state index >= 15 is 0 Å². The van der Waals surface area contributed by atoms with Crippen molar-refractivity contribution in [2.45, 2.75) is 31.0 Å². The van der Waals surface area contributed by atoms with E-state index in [4.69, 9.17) is 4.74 Å². The van der Waals surface area contributed by atoms with Crippen molar-refractivity contribution >= 4 is 17.3 Å². The normalized spacial score (nSPS) is 17.2. The largest absolute Gasteiger partial charge is 0.434 e. The number of hydrogen-bond acceptors (Lipinski definition) is 4. The Balaban J connectivity index is 1.64. The van der Waals surface area contributed by atoms with Gasteiger partial charge in [0.2, 0.25) is 0 Å². The van der Waals surface area contributed by atoms with Gasteiger partial charge < -0.3 is 15.4 Å². The number of thiazole rings is 1. The average molecular weight is 430 g/mol. The molecular formula is C19H22F4N4OS. The van der Waals surface area contributed by atoms with E-state index < -0.39 is 11.9 Å². The Kier molecular flexibility index (Phi) is 6.74. The van der Waals surface area contributed by atoms with Gasteiger partial charge in [-0.15, -0.1) is 11.3 Å². The number of alkyl halides is 3. The zero-order valence-electron chi connectivity index (χ0n) is 15.9. The molecule has 0 amide bonds. The van der Waals surface area contributed by atoms with Crippen molar-refractivity contribution in [1.29, 1.82) is 0 Å².